The zero-order valence-corrected chi connectivity index (χ0v) is 23.8. The molecule has 0 aliphatic carbocycles. The number of anilines is 1. The van der Waals surface area contributed by atoms with Crippen LogP contribution in [0.15, 0.2) is 105 Å². The maximum Gasteiger partial charge on any atom is 0.338 e. The summed E-state index contributed by atoms with van der Waals surface area (Å²) in [5.74, 6) is -0.127. The lowest BCUT2D eigenvalue weighted by Crippen LogP contribution is -2.39. The van der Waals surface area contributed by atoms with E-state index in [9.17, 15) is 18.0 Å². The van der Waals surface area contributed by atoms with E-state index in [1.165, 1.54) is 18.3 Å². The van der Waals surface area contributed by atoms with Crippen LogP contribution in [0.3, 0.4) is 0 Å². The Morgan fingerprint density at radius 1 is 0.974 bits per heavy atom. The van der Waals surface area contributed by atoms with E-state index in [0.29, 0.717) is 29.4 Å². The number of nitrogens with zero attached hydrogens (tertiary/aromatic N) is 2. The summed E-state index contributed by atoms with van der Waals surface area (Å²) in [6.45, 7) is 1.56. The Bertz CT molecular complexity index is 1570. The van der Waals surface area contributed by atoms with Crippen molar-refractivity contribution in [2.45, 2.75) is 11.8 Å². The maximum atomic E-state index is 13.3. The number of nitrogens with one attached hydrogen (secondary N) is 1. The molecule has 0 spiro atoms. The van der Waals surface area contributed by atoms with E-state index in [1.54, 1.807) is 85.8 Å². The Morgan fingerprint density at radius 3 is 2.33 bits per heavy atom. The van der Waals surface area contributed by atoms with E-state index in [1.807, 2.05) is 0 Å². The minimum absolute atomic E-state index is 0.0678. The summed E-state index contributed by atoms with van der Waals surface area (Å²) in [6.07, 6.45) is 1.31. The van der Waals surface area contributed by atoms with Gasteiger partial charge in [-0.05, 0) is 90.2 Å². The van der Waals surface area contributed by atoms with Gasteiger partial charge in [-0.15, -0.1) is 0 Å². The van der Waals surface area contributed by atoms with Gasteiger partial charge in [0.1, 0.15) is 18.1 Å². The molecule has 1 amide bonds. The molecule has 11 heteroatoms. The van der Waals surface area contributed by atoms with Crippen LogP contribution in [0.4, 0.5) is 5.69 Å². The van der Waals surface area contributed by atoms with Gasteiger partial charge < -0.3 is 9.15 Å². The lowest BCUT2D eigenvalue weighted by Gasteiger charge is -2.23. The number of hydrogen-bond donors (Lipinski definition) is 1. The number of hydrogen-bond acceptors (Lipinski definition) is 7. The SMILES string of the molecule is CCOC(=O)c1ccc(-c2ccc(/C=N\NC(=O)CN(c3ccc(I)cc3)S(=O)(=O)c3ccccc3)o2)cc1. The molecular formula is C28H24IN3O6S. The van der Waals surface area contributed by atoms with Gasteiger partial charge in [-0.25, -0.2) is 18.6 Å². The molecule has 0 aliphatic heterocycles. The van der Waals surface area contributed by atoms with Crippen LogP contribution in [0.2, 0.25) is 0 Å². The third-order valence-electron chi connectivity index (χ3n) is 5.42. The third-order valence-corrected chi connectivity index (χ3v) is 7.93. The lowest BCUT2D eigenvalue weighted by molar-refractivity contribution is -0.119. The molecule has 0 saturated heterocycles. The van der Waals surface area contributed by atoms with Crippen molar-refractivity contribution in [3.63, 3.8) is 0 Å². The summed E-state index contributed by atoms with van der Waals surface area (Å²) in [4.78, 5) is 24.6. The zero-order chi connectivity index (χ0) is 27.8. The van der Waals surface area contributed by atoms with Crippen molar-refractivity contribution in [1.29, 1.82) is 0 Å². The Morgan fingerprint density at radius 2 is 1.67 bits per heavy atom. The van der Waals surface area contributed by atoms with E-state index in [0.717, 1.165) is 13.4 Å². The van der Waals surface area contributed by atoms with Gasteiger partial charge in [0.15, 0.2) is 0 Å². The Balaban J connectivity index is 1.44. The van der Waals surface area contributed by atoms with Crippen LogP contribution in [0.25, 0.3) is 11.3 Å². The number of carbonyl (C=O) groups excluding carboxylic acids is 2. The van der Waals surface area contributed by atoms with Gasteiger partial charge in [0.2, 0.25) is 0 Å². The molecule has 200 valence electrons. The second-order valence-electron chi connectivity index (χ2n) is 8.09. The summed E-state index contributed by atoms with van der Waals surface area (Å²) in [5.41, 5.74) is 3.89. The predicted molar refractivity (Wildman–Crippen MR) is 156 cm³/mol. The molecule has 0 fully saturated rings. The quantitative estimate of drug-likeness (QED) is 0.110. The highest BCUT2D eigenvalue weighted by Gasteiger charge is 2.27. The number of halogens is 1. The van der Waals surface area contributed by atoms with Gasteiger partial charge in [0.05, 0.1) is 29.0 Å². The highest BCUT2D eigenvalue weighted by molar-refractivity contribution is 14.1. The predicted octanol–water partition coefficient (Wildman–Crippen LogP) is 5.07. The molecule has 0 unspecified atom stereocenters. The number of rotatable bonds is 10. The number of ether oxygens (including phenoxy) is 1. The van der Waals surface area contributed by atoms with Crippen molar-refractivity contribution >= 4 is 56.4 Å². The van der Waals surface area contributed by atoms with Crippen LogP contribution in [0, 0.1) is 3.57 Å². The monoisotopic (exact) mass is 657 g/mol. The van der Waals surface area contributed by atoms with E-state index in [4.69, 9.17) is 9.15 Å². The first-order valence-electron chi connectivity index (χ1n) is 11.8. The first-order valence-corrected chi connectivity index (χ1v) is 14.3. The number of amides is 1. The zero-order valence-electron chi connectivity index (χ0n) is 20.8. The van der Waals surface area contributed by atoms with Crippen LogP contribution in [-0.2, 0) is 19.6 Å². The number of hydrazone groups is 1. The van der Waals surface area contributed by atoms with Gasteiger partial charge >= 0.3 is 5.97 Å². The van der Waals surface area contributed by atoms with Crippen molar-refractivity contribution in [2.75, 3.05) is 17.5 Å². The Kier molecular flexibility index (Phi) is 9.15. The highest BCUT2D eigenvalue weighted by Crippen LogP contribution is 2.25. The van der Waals surface area contributed by atoms with Crippen LogP contribution >= 0.6 is 22.6 Å². The molecule has 1 aromatic heterocycles. The topological polar surface area (TPSA) is 118 Å². The van der Waals surface area contributed by atoms with Crippen LogP contribution in [0.1, 0.15) is 23.0 Å². The van der Waals surface area contributed by atoms with E-state index < -0.39 is 28.4 Å². The third kappa shape index (κ3) is 7.12. The maximum absolute atomic E-state index is 13.3. The van der Waals surface area contributed by atoms with Gasteiger partial charge in [-0.1, -0.05) is 30.3 Å². The first kappa shape index (κ1) is 28.0. The Labute approximate surface area is 239 Å². The molecule has 1 heterocycles. The number of sulfonamides is 1. The second-order valence-corrected chi connectivity index (χ2v) is 11.2. The fraction of sp³-hybridized carbons (Fsp3) is 0.107. The standard InChI is InChI=1S/C28H24IN3O6S/c1-2-37-28(34)21-10-8-20(9-11-21)26-17-16-24(38-26)18-30-31-27(33)19-32(23-14-12-22(29)13-15-23)39(35,36)25-6-4-3-5-7-25/h3-18H,2,19H2,1H3,(H,31,33)/b30-18-. The van der Waals surface area contributed by atoms with Crippen molar-refractivity contribution < 1.29 is 27.2 Å². The van der Waals surface area contributed by atoms with Crippen LogP contribution in [0.5, 0.6) is 0 Å². The molecule has 0 aliphatic rings. The molecular weight excluding hydrogens is 633 g/mol. The minimum Gasteiger partial charge on any atom is -0.462 e. The molecule has 0 radical (unpaired) electrons. The van der Waals surface area contributed by atoms with Crippen molar-refractivity contribution in [1.82, 2.24) is 5.43 Å². The van der Waals surface area contributed by atoms with Gasteiger partial charge in [0, 0.05) is 9.13 Å². The number of carbonyl (C=O) groups is 2. The largest absolute Gasteiger partial charge is 0.462 e. The second kappa shape index (κ2) is 12.7. The molecule has 4 rings (SSSR count). The van der Waals surface area contributed by atoms with E-state index >= 15 is 0 Å². The molecule has 4 aromatic rings. The van der Waals surface area contributed by atoms with E-state index in [-0.39, 0.29) is 4.90 Å². The Hall–Kier alpha value is -3.97. The normalized spacial score (nSPS) is 11.3. The number of esters is 1. The van der Waals surface area contributed by atoms with Crippen LogP contribution < -0.4 is 9.73 Å². The van der Waals surface area contributed by atoms with Crippen molar-refractivity contribution in [3.8, 4) is 11.3 Å². The fourth-order valence-corrected chi connectivity index (χ4v) is 5.34. The van der Waals surface area contributed by atoms with Gasteiger partial charge in [0.25, 0.3) is 15.9 Å². The molecule has 9 nitrogen and oxygen atoms in total. The lowest BCUT2D eigenvalue weighted by atomic mass is 10.1. The molecule has 1 N–H and O–H groups in total. The van der Waals surface area contributed by atoms with Crippen molar-refractivity contribution in [3.05, 3.63) is 106 Å². The van der Waals surface area contributed by atoms with E-state index in [2.05, 4.69) is 33.1 Å². The summed E-state index contributed by atoms with van der Waals surface area (Å²) < 4.78 is 39.4. The molecule has 0 saturated carbocycles. The van der Waals surface area contributed by atoms with Crippen LogP contribution in [-0.4, -0.2) is 39.7 Å². The fourth-order valence-electron chi connectivity index (χ4n) is 3.54. The summed E-state index contributed by atoms with van der Waals surface area (Å²) in [7, 11) is -4.01. The average molecular weight is 657 g/mol. The summed E-state index contributed by atoms with van der Waals surface area (Å²) in [6, 6.07) is 24.9. The smallest absolute Gasteiger partial charge is 0.338 e. The number of benzene rings is 3. The molecule has 3 aromatic carbocycles. The van der Waals surface area contributed by atoms with Gasteiger partial charge in [-0.2, -0.15) is 5.10 Å². The summed E-state index contributed by atoms with van der Waals surface area (Å²) >= 11 is 2.12. The first-order chi connectivity index (χ1) is 18.8. The van der Waals surface area contributed by atoms with Crippen molar-refractivity contribution in [2.24, 2.45) is 5.10 Å². The molecule has 0 atom stereocenters. The minimum atomic E-state index is -4.01. The highest BCUT2D eigenvalue weighted by atomic mass is 127. The molecule has 39 heavy (non-hydrogen) atoms. The summed E-state index contributed by atoms with van der Waals surface area (Å²) in [5, 5.41) is 3.92. The van der Waals surface area contributed by atoms with Gasteiger partial charge in [-0.3, -0.25) is 9.10 Å². The molecule has 0 bridgehead atoms. The average Bonchev–Trinajstić information content (AvgIpc) is 3.42. The number of furan rings is 1.